The zero-order chi connectivity index (χ0) is 17.8. The van der Waals surface area contributed by atoms with Crippen molar-refractivity contribution in [3.63, 3.8) is 0 Å². The lowest BCUT2D eigenvalue weighted by Gasteiger charge is -2.11. The van der Waals surface area contributed by atoms with Gasteiger partial charge in [0.2, 0.25) is 0 Å². The third-order valence-electron chi connectivity index (χ3n) is 3.38. The number of anilines is 2. The monoisotopic (exact) mass is 370 g/mol. The quantitative estimate of drug-likeness (QED) is 0.413. The molecule has 0 saturated carbocycles. The van der Waals surface area contributed by atoms with Crippen molar-refractivity contribution in [1.82, 2.24) is 9.97 Å². The zero-order valence-electron chi connectivity index (χ0n) is 13.5. The molecule has 0 radical (unpaired) electrons. The molecular formula is C17H14N4O2S2. The van der Waals surface area contributed by atoms with E-state index in [1.165, 1.54) is 30.2 Å². The number of nitrogens with one attached hydrogen (secondary N) is 1. The van der Waals surface area contributed by atoms with Gasteiger partial charge in [0, 0.05) is 5.69 Å². The van der Waals surface area contributed by atoms with E-state index in [4.69, 9.17) is 10.00 Å². The number of methoxy groups -OCH3 is 1. The van der Waals surface area contributed by atoms with Crippen LogP contribution < -0.4 is 5.32 Å². The molecule has 0 saturated heterocycles. The molecule has 1 aromatic carbocycles. The molecule has 0 aliphatic rings. The number of carbonyl (C=O) groups is 1. The molecule has 0 aliphatic heterocycles. The van der Waals surface area contributed by atoms with Crippen molar-refractivity contribution < 1.29 is 9.53 Å². The van der Waals surface area contributed by atoms with Crippen LogP contribution in [0.5, 0.6) is 0 Å². The Bertz CT molecular complexity index is 947. The van der Waals surface area contributed by atoms with E-state index >= 15 is 0 Å². The van der Waals surface area contributed by atoms with Crippen molar-refractivity contribution in [2.45, 2.75) is 17.3 Å². The topological polar surface area (TPSA) is 87.9 Å². The van der Waals surface area contributed by atoms with E-state index in [9.17, 15) is 4.79 Å². The van der Waals surface area contributed by atoms with Gasteiger partial charge in [0.05, 0.1) is 29.0 Å². The van der Waals surface area contributed by atoms with E-state index in [0.717, 1.165) is 15.9 Å². The first-order chi connectivity index (χ1) is 12.1. The minimum absolute atomic E-state index is 0.319. The first-order valence-electron chi connectivity index (χ1n) is 7.37. The van der Waals surface area contributed by atoms with E-state index in [2.05, 4.69) is 21.4 Å². The van der Waals surface area contributed by atoms with Crippen molar-refractivity contribution in [3.05, 3.63) is 41.3 Å². The van der Waals surface area contributed by atoms with Crippen molar-refractivity contribution in [2.75, 3.05) is 12.4 Å². The second kappa shape index (κ2) is 7.51. The van der Waals surface area contributed by atoms with Crippen LogP contribution in [0.1, 0.15) is 12.5 Å². The Labute approximate surface area is 152 Å². The van der Waals surface area contributed by atoms with Crippen LogP contribution in [0.2, 0.25) is 0 Å². The average Bonchev–Trinajstić information content (AvgIpc) is 3.10. The minimum atomic E-state index is -0.399. The fourth-order valence-corrected chi connectivity index (χ4v) is 3.70. The minimum Gasteiger partial charge on any atom is -0.468 e. The van der Waals surface area contributed by atoms with Gasteiger partial charge in [-0.2, -0.15) is 5.26 Å². The Morgan fingerprint density at radius 1 is 1.32 bits per heavy atom. The maximum absolute atomic E-state index is 11.6. The van der Waals surface area contributed by atoms with Crippen LogP contribution in [0.15, 0.2) is 40.9 Å². The van der Waals surface area contributed by atoms with Crippen molar-refractivity contribution >= 4 is 50.8 Å². The van der Waals surface area contributed by atoms with Crippen molar-refractivity contribution in [2.24, 2.45) is 0 Å². The molecule has 3 rings (SSSR count). The number of thiophene rings is 1. The number of benzene rings is 1. The fourth-order valence-electron chi connectivity index (χ4n) is 2.12. The Hall–Kier alpha value is -2.63. The number of aromatic nitrogens is 2. The van der Waals surface area contributed by atoms with Gasteiger partial charge in [0.1, 0.15) is 5.25 Å². The number of carbonyl (C=O) groups excluding carboxylic acids is 1. The van der Waals surface area contributed by atoms with Gasteiger partial charge >= 0.3 is 5.97 Å². The molecule has 126 valence electrons. The highest BCUT2D eigenvalue weighted by atomic mass is 32.2. The Kier molecular flexibility index (Phi) is 5.16. The highest BCUT2D eigenvalue weighted by Gasteiger charge is 2.18. The third-order valence-corrected chi connectivity index (χ3v) is 5.22. The van der Waals surface area contributed by atoms with Gasteiger partial charge in [-0.3, -0.25) is 4.79 Å². The Morgan fingerprint density at radius 3 is 2.76 bits per heavy atom. The van der Waals surface area contributed by atoms with Crippen LogP contribution >= 0.6 is 23.1 Å². The molecule has 8 heteroatoms. The van der Waals surface area contributed by atoms with Gasteiger partial charge in [-0.1, -0.05) is 11.8 Å². The summed E-state index contributed by atoms with van der Waals surface area (Å²) < 4.78 is 5.68. The molecule has 1 unspecified atom stereocenters. The first-order valence-corrected chi connectivity index (χ1v) is 9.13. The van der Waals surface area contributed by atoms with Crippen molar-refractivity contribution in [3.8, 4) is 6.07 Å². The van der Waals surface area contributed by atoms with Gasteiger partial charge in [0.25, 0.3) is 0 Å². The highest BCUT2D eigenvalue weighted by molar-refractivity contribution is 8.00. The normalized spacial score (nSPS) is 11.7. The maximum atomic E-state index is 11.6. The molecule has 6 nitrogen and oxygen atoms in total. The van der Waals surface area contributed by atoms with Crippen LogP contribution in [0.3, 0.4) is 0 Å². The lowest BCUT2D eigenvalue weighted by molar-refractivity contribution is -0.139. The van der Waals surface area contributed by atoms with Crippen LogP contribution in [0.4, 0.5) is 11.5 Å². The van der Waals surface area contributed by atoms with E-state index in [1.54, 1.807) is 19.1 Å². The van der Waals surface area contributed by atoms with Gasteiger partial charge in [-0.25, -0.2) is 9.97 Å². The zero-order valence-corrected chi connectivity index (χ0v) is 15.1. The second-order valence-corrected chi connectivity index (χ2v) is 7.31. The Morgan fingerprint density at radius 2 is 2.08 bits per heavy atom. The first kappa shape index (κ1) is 17.2. The smallest absolute Gasteiger partial charge is 0.318 e. The molecule has 3 aromatic rings. The summed E-state index contributed by atoms with van der Waals surface area (Å²) in [4.78, 5) is 20.7. The lowest BCUT2D eigenvalue weighted by atomic mass is 10.2. The number of nitrogens with zero attached hydrogens (tertiary/aromatic N) is 3. The van der Waals surface area contributed by atoms with Crippen LogP contribution in [0, 0.1) is 11.3 Å². The standard InChI is InChI=1S/C17H14N4O2S2/c1-10(16(22)23-2)25-17-20-13-7-8-24-14(13)15(21-17)19-12-5-3-11(9-18)4-6-12/h3-8,10H,1-2H3,(H,19,20,21). The molecule has 0 aliphatic carbocycles. The summed E-state index contributed by atoms with van der Waals surface area (Å²) in [7, 11) is 1.36. The second-order valence-electron chi connectivity index (χ2n) is 5.09. The number of hydrogen-bond donors (Lipinski definition) is 1. The largest absolute Gasteiger partial charge is 0.468 e. The van der Waals surface area contributed by atoms with Crippen LogP contribution in [0.25, 0.3) is 10.2 Å². The summed E-state index contributed by atoms with van der Waals surface area (Å²) in [6, 6.07) is 11.1. The molecular weight excluding hydrogens is 356 g/mol. The summed E-state index contributed by atoms with van der Waals surface area (Å²) in [5.41, 5.74) is 2.23. The van der Waals surface area contributed by atoms with Gasteiger partial charge < -0.3 is 10.1 Å². The molecule has 0 fully saturated rings. The molecule has 25 heavy (non-hydrogen) atoms. The molecule has 1 atom stereocenters. The van der Waals surface area contributed by atoms with E-state index in [0.29, 0.717) is 16.5 Å². The molecule has 0 amide bonds. The lowest BCUT2D eigenvalue weighted by Crippen LogP contribution is -2.15. The molecule has 1 N–H and O–H groups in total. The van der Waals surface area contributed by atoms with Gasteiger partial charge in [0.15, 0.2) is 11.0 Å². The number of nitriles is 1. The van der Waals surface area contributed by atoms with Crippen LogP contribution in [-0.2, 0) is 9.53 Å². The number of ether oxygens (including phenoxy) is 1. The predicted octanol–water partition coefficient (Wildman–Crippen LogP) is 3.96. The molecule has 2 heterocycles. The summed E-state index contributed by atoms with van der Waals surface area (Å²) in [6.45, 7) is 1.76. The Balaban J connectivity index is 1.91. The summed E-state index contributed by atoms with van der Waals surface area (Å²) >= 11 is 2.79. The number of hydrogen-bond acceptors (Lipinski definition) is 8. The third kappa shape index (κ3) is 3.90. The molecule has 2 aromatic heterocycles. The van der Waals surface area contributed by atoms with E-state index < -0.39 is 5.25 Å². The van der Waals surface area contributed by atoms with Crippen molar-refractivity contribution in [1.29, 1.82) is 5.26 Å². The number of esters is 1. The summed E-state index contributed by atoms with van der Waals surface area (Å²) in [6.07, 6.45) is 0. The number of rotatable bonds is 5. The van der Waals surface area contributed by atoms with Crippen LogP contribution in [-0.4, -0.2) is 28.3 Å². The number of thioether (sulfide) groups is 1. The summed E-state index contributed by atoms with van der Waals surface area (Å²) in [5, 5.41) is 14.2. The number of fused-ring (bicyclic) bond motifs is 1. The molecule has 0 bridgehead atoms. The fraction of sp³-hybridized carbons (Fsp3) is 0.176. The molecule has 0 spiro atoms. The van der Waals surface area contributed by atoms with E-state index in [-0.39, 0.29) is 5.97 Å². The average molecular weight is 370 g/mol. The summed E-state index contributed by atoms with van der Waals surface area (Å²) in [5.74, 6) is 0.352. The highest BCUT2D eigenvalue weighted by Crippen LogP contribution is 2.32. The van der Waals surface area contributed by atoms with Gasteiger partial charge in [-0.15, -0.1) is 11.3 Å². The predicted molar refractivity (Wildman–Crippen MR) is 99.2 cm³/mol. The maximum Gasteiger partial charge on any atom is 0.318 e. The van der Waals surface area contributed by atoms with E-state index in [1.807, 2.05) is 23.6 Å². The van der Waals surface area contributed by atoms with Gasteiger partial charge in [-0.05, 0) is 42.6 Å². The SMILES string of the molecule is COC(=O)C(C)Sc1nc(Nc2ccc(C#N)cc2)c2sccc2n1.